The third kappa shape index (κ3) is 8.62. The van der Waals surface area contributed by atoms with E-state index in [0.29, 0.717) is 0 Å². The molecule has 0 aliphatic heterocycles. The van der Waals surface area contributed by atoms with Crippen molar-refractivity contribution in [2.45, 2.75) is 50.7 Å². The third-order valence-corrected chi connectivity index (χ3v) is 9.11. The summed E-state index contributed by atoms with van der Waals surface area (Å²) in [7, 11) is -4.25. The number of hydrogen-bond acceptors (Lipinski definition) is 4. The van der Waals surface area contributed by atoms with Gasteiger partial charge in [-0.15, -0.1) is 0 Å². The monoisotopic (exact) mass is 651 g/mol. The Morgan fingerprint density at radius 1 is 0.795 bits per heavy atom. The molecule has 0 saturated carbocycles. The van der Waals surface area contributed by atoms with E-state index in [1.54, 1.807) is 18.2 Å². The number of halogens is 2. The first-order valence-corrected chi connectivity index (χ1v) is 16.4. The van der Waals surface area contributed by atoms with E-state index in [-0.39, 0.29) is 45.5 Å². The minimum atomic E-state index is -4.25. The van der Waals surface area contributed by atoms with E-state index in [0.717, 1.165) is 21.0 Å². The quantitative estimate of drug-likeness (QED) is 0.186. The van der Waals surface area contributed by atoms with Crippen molar-refractivity contribution in [3.05, 3.63) is 130 Å². The van der Waals surface area contributed by atoms with Gasteiger partial charge in [0.05, 0.1) is 10.6 Å². The van der Waals surface area contributed by atoms with Crippen molar-refractivity contribution in [1.82, 2.24) is 10.2 Å². The van der Waals surface area contributed by atoms with Crippen LogP contribution in [0.1, 0.15) is 30.5 Å². The largest absolute Gasteiger partial charge is 0.352 e. The van der Waals surface area contributed by atoms with Gasteiger partial charge in [-0.2, -0.15) is 0 Å². The van der Waals surface area contributed by atoms with E-state index in [9.17, 15) is 18.0 Å². The highest BCUT2D eigenvalue weighted by Gasteiger charge is 2.35. The lowest BCUT2D eigenvalue weighted by atomic mass is 10.0. The van der Waals surface area contributed by atoms with Crippen molar-refractivity contribution in [3.8, 4) is 0 Å². The molecular formula is C34H35Cl2N3O4S. The molecule has 4 rings (SSSR count). The standard InChI is InChI=1S/C34H35Cl2N3O4S/c1-24(2)37-34(41)32(18-26-12-6-4-7-13-26)38(22-27-14-10-11-25(3)17-27)33(40)23-39(30-20-28(35)19-29(36)21-30)44(42,43)31-15-8-5-9-16-31/h4-17,19-21,24,32H,18,22-23H2,1-3H3,(H,37,41)/t32-/m0/s1. The lowest BCUT2D eigenvalue weighted by Gasteiger charge is -2.34. The molecule has 0 bridgehead atoms. The molecule has 0 heterocycles. The van der Waals surface area contributed by atoms with Crippen LogP contribution >= 0.6 is 23.2 Å². The summed E-state index contributed by atoms with van der Waals surface area (Å²) in [4.78, 5) is 29.7. The molecule has 0 unspecified atom stereocenters. The van der Waals surface area contributed by atoms with Crippen LogP contribution in [-0.4, -0.2) is 43.8 Å². The Balaban J connectivity index is 1.82. The molecule has 1 atom stereocenters. The first-order chi connectivity index (χ1) is 20.9. The van der Waals surface area contributed by atoms with Gasteiger partial charge in [-0.25, -0.2) is 8.42 Å². The molecular weight excluding hydrogens is 617 g/mol. The molecule has 7 nitrogen and oxygen atoms in total. The number of carbonyl (C=O) groups is 2. The van der Waals surface area contributed by atoms with E-state index >= 15 is 0 Å². The summed E-state index contributed by atoms with van der Waals surface area (Å²) < 4.78 is 29.1. The normalized spacial score (nSPS) is 12.0. The second-order valence-electron chi connectivity index (χ2n) is 10.8. The minimum Gasteiger partial charge on any atom is -0.352 e. The SMILES string of the molecule is Cc1cccc(CN(C(=O)CN(c2cc(Cl)cc(Cl)c2)S(=O)(=O)c2ccccc2)[C@@H](Cc2ccccc2)C(=O)NC(C)C)c1. The maximum absolute atomic E-state index is 14.5. The molecule has 0 spiro atoms. The van der Waals surface area contributed by atoms with Gasteiger partial charge in [-0.05, 0) is 62.2 Å². The predicted molar refractivity (Wildman–Crippen MR) is 176 cm³/mol. The van der Waals surface area contributed by atoms with E-state index < -0.39 is 28.5 Å². The molecule has 0 aliphatic rings. The molecule has 4 aromatic carbocycles. The van der Waals surface area contributed by atoms with Gasteiger partial charge in [-0.3, -0.25) is 13.9 Å². The molecule has 10 heteroatoms. The van der Waals surface area contributed by atoms with E-state index in [1.807, 2.05) is 75.4 Å². The smallest absolute Gasteiger partial charge is 0.264 e. The van der Waals surface area contributed by atoms with Crippen LogP contribution in [0.3, 0.4) is 0 Å². The number of rotatable bonds is 12. The maximum Gasteiger partial charge on any atom is 0.264 e. The zero-order valence-electron chi connectivity index (χ0n) is 24.8. The Bertz CT molecular complexity index is 1680. The zero-order valence-corrected chi connectivity index (χ0v) is 27.1. The number of nitrogens with one attached hydrogen (secondary N) is 1. The van der Waals surface area contributed by atoms with Gasteiger partial charge in [0, 0.05) is 29.1 Å². The molecule has 2 amide bonds. The summed E-state index contributed by atoms with van der Waals surface area (Å²) in [6.07, 6.45) is 0.228. The molecule has 1 N–H and O–H groups in total. The summed E-state index contributed by atoms with van der Waals surface area (Å²) in [6.45, 7) is 5.13. The summed E-state index contributed by atoms with van der Waals surface area (Å²) in [5, 5.41) is 3.37. The number of sulfonamides is 1. The van der Waals surface area contributed by atoms with Crippen LogP contribution in [0.15, 0.2) is 108 Å². The highest BCUT2D eigenvalue weighted by molar-refractivity contribution is 7.92. The molecule has 0 fully saturated rings. The summed E-state index contributed by atoms with van der Waals surface area (Å²) in [5.74, 6) is -0.907. The fourth-order valence-electron chi connectivity index (χ4n) is 4.87. The van der Waals surface area contributed by atoms with Crippen LogP contribution in [0, 0.1) is 6.92 Å². The topological polar surface area (TPSA) is 86.8 Å². The first kappa shape index (κ1) is 33.1. The second-order valence-corrected chi connectivity index (χ2v) is 13.6. The molecule has 0 aromatic heterocycles. The number of amides is 2. The Labute approximate surface area is 269 Å². The van der Waals surface area contributed by atoms with Crippen molar-refractivity contribution in [2.24, 2.45) is 0 Å². The van der Waals surface area contributed by atoms with Crippen molar-refractivity contribution < 1.29 is 18.0 Å². The van der Waals surface area contributed by atoms with Crippen molar-refractivity contribution in [3.63, 3.8) is 0 Å². The van der Waals surface area contributed by atoms with Crippen molar-refractivity contribution in [1.29, 1.82) is 0 Å². The molecule has 44 heavy (non-hydrogen) atoms. The lowest BCUT2D eigenvalue weighted by molar-refractivity contribution is -0.140. The van der Waals surface area contributed by atoms with Crippen LogP contribution in [-0.2, 0) is 32.6 Å². The Morgan fingerprint density at radius 2 is 1.39 bits per heavy atom. The molecule has 0 saturated heterocycles. The number of aryl methyl sites for hydroxylation is 1. The maximum atomic E-state index is 14.5. The molecule has 0 aliphatic carbocycles. The highest BCUT2D eigenvalue weighted by Crippen LogP contribution is 2.30. The lowest BCUT2D eigenvalue weighted by Crippen LogP contribution is -2.54. The number of nitrogens with zero attached hydrogens (tertiary/aromatic N) is 2. The van der Waals surface area contributed by atoms with Gasteiger partial charge in [0.15, 0.2) is 0 Å². The third-order valence-electron chi connectivity index (χ3n) is 6.88. The van der Waals surface area contributed by atoms with Gasteiger partial charge in [-0.1, -0.05) is 102 Å². The van der Waals surface area contributed by atoms with E-state index in [1.165, 1.54) is 35.2 Å². The van der Waals surface area contributed by atoms with Crippen LogP contribution in [0.5, 0.6) is 0 Å². The minimum absolute atomic E-state index is 0.00693. The Kier molecular flexibility index (Phi) is 11.1. The van der Waals surface area contributed by atoms with Gasteiger partial charge in [0.25, 0.3) is 10.0 Å². The molecule has 230 valence electrons. The van der Waals surface area contributed by atoms with Crippen LogP contribution in [0.25, 0.3) is 0 Å². The first-order valence-electron chi connectivity index (χ1n) is 14.2. The average Bonchev–Trinajstić information content (AvgIpc) is 2.97. The van der Waals surface area contributed by atoms with Crippen molar-refractivity contribution >= 4 is 50.7 Å². The van der Waals surface area contributed by atoms with E-state index in [2.05, 4.69) is 5.32 Å². The van der Waals surface area contributed by atoms with Crippen molar-refractivity contribution in [2.75, 3.05) is 10.8 Å². The fraction of sp³-hybridized carbons (Fsp3) is 0.235. The Morgan fingerprint density at radius 3 is 1.98 bits per heavy atom. The van der Waals surface area contributed by atoms with Gasteiger partial charge >= 0.3 is 0 Å². The van der Waals surface area contributed by atoms with Gasteiger partial charge in [0.2, 0.25) is 11.8 Å². The number of hydrogen-bond donors (Lipinski definition) is 1. The van der Waals surface area contributed by atoms with Crippen LogP contribution in [0.2, 0.25) is 10.0 Å². The second kappa shape index (κ2) is 14.8. The summed E-state index contributed by atoms with van der Waals surface area (Å²) >= 11 is 12.6. The van der Waals surface area contributed by atoms with Crippen LogP contribution < -0.4 is 9.62 Å². The molecule has 0 radical (unpaired) electrons. The molecule has 4 aromatic rings. The zero-order chi connectivity index (χ0) is 31.9. The summed E-state index contributed by atoms with van der Waals surface area (Å²) in [6, 6.07) is 28.1. The van der Waals surface area contributed by atoms with E-state index in [4.69, 9.17) is 23.2 Å². The predicted octanol–water partition coefficient (Wildman–Crippen LogP) is 6.66. The number of benzene rings is 4. The van der Waals surface area contributed by atoms with Gasteiger partial charge in [0.1, 0.15) is 12.6 Å². The highest BCUT2D eigenvalue weighted by atomic mass is 35.5. The number of carbonyl (C=O) groups excluding carboxylic acids is 2. The average molecular weight is 653 g/mol. The van der Waals surface area contributed by atoms with Crippen LogP contribution in [0.4, 0.5) is 5.69 Å². The van der Waals surface area contributed by atoms with Gasteiger partial charge < -0.3 is 10.2 Å². The summed E-state index contributed by atoms with van der Waals surface area (Å²) in [5.41, 5.74) is 2.77. The number of anilines is 1. The Hall–Kier alpha value is -3.85. The fourth-order valence-corrected chi connectivity index (χ4v) is 6.81.